The summed E-state index contributed by atoms with van der Waals surface area (Å²) in [5.41, 5.74) is 3.16. The van der Waals surface area contributed by atoms with Gasteiger partial charge in [0.15, 0.2) is 0 Å². The molecule has 2 rings (SSSR count). The Morgan fingerprint density at radius 1 is 1.44 bits per heavy atom. The van der Waals surface area contributed by atoms with Crippen molar-refractivity contribution in [3.8, 4) is 0 Å². The van der Waals surface area contributed by atoms with Crippen molar-refractivity contribution < 1.29 is 4.79 Å². The van der Waals surface area contributed by atoms with E-state index in [1.54, 1.807) is 0 Å². The second-order valence-corrected chi connectivity index (χ2v) is 4.96. The average molecular weight is 247 g/mol. The van der Waals surface area contributed by atoms with Gasteiger partial charge in [-0.2, -0.15) is 0 Å². The van der Waals surface area contributed by atoms with Crippen LogP contribution in [0.3, 0.4) is 0 Å². The maximum Gasteiger partial charge on any atom is 0.251 e. The summed E-state index contributed by atoms with van der Waals surface area (Å²) in [6.07, 6.45) is 2.03. The van der Waals surface area contributed by atoms with E-state index in [1.807, 2.05) is 32.3 Å². The average Bonchev–Trinajstić information content (AvgIpc) is 2.81. The third-order valence-electron chi connectivity index (χ3n) is 3.15. The molecule has 1 aromatic rings. The maximum absolute atomic E-state index is 11.9. The van der Waals surface area contributed by atoms with Crippen LogP contribution in [-0.2, 0) is 6.42 Å². The molecule has 4 heteroatoms. The first-order chi connectivity index (χ1) is 8.66. The van der Waals surface area contributed by atoms with Crippen LogP contribution >= 0.6 is 0 Å². The van der Waals surface area contributed by atoms with Gasteiger partial charge < -0.3 is 15.5 Å². The first-order valence-electron chi connectivity index (χ1n) is 6.46. The van der Waals surface area contributed by atoms with Crippen molar-refractivity contribution >= 4 is 11.6 Å². The molecule has 1 aliphatic heterocycles. The predicted molar refractivity (Wildman–Crippen MR) is 74.1 cm³/mol. The van der Waals surface area contributed by atoms with Crippen molar-refractivity contribution in [2.24, 2.45) is 0 Å². The van der Waals surface area contributed by atoms with E-state index in [2.05, 4.69) is 15.5 Å². The van der Waals surface area contributed by atoms with Crippen LogP contribution in [0.25, 0.3) is 0 Å². The normalized spacial score (nSPS) is 13.3. The van der Waals surface area contributed by atoms with Gasteiger partial charge in [0.1, 0.15) is 0 Å². The monoisotopic (exact) mass is 247 g/mol. The van der Waals surface area contributed by atoms with Crippen LogP contribution in [0.5, 0.6) is 0 Å². The van der Waals surface area contributed by atoms with Crippen LogP contribution in [0.2, 0.25) is 0 Å². The number of amides is 1. The van der Waals surface area contributed by atoms with Crippen LogP contribution < -0.4 is 10.6 Å². The Labute approximate surface area is 108 Å². The minimum atomic E-state index is 0.0188. The zero-order valence-corrected chi connectivity index (χ0v) is 11.1. The molecule has 0 radical (unpaired) electrons. The van der Waals surface area contributed by atoms with Gasteiger partial charge in [0.05, 0.1) is 0 Å². The molecule has 0 saturated carbocycles. The number of carbonyl (C=O) groups is 1. The van der Waals surface area contributed by atoms with E-state index in [0.29, 0.717) is 0 Å². The fourth-order valence-corrected chi connectivity index (χ4v) is 2.13. The Kier molecular flexibility index (Phi) is 4.20. The highest BCUT2D eigenvalue weighted by atomic mass is 16.1. The Morgan fingerprint density at radius 3 is 3.06 bits per heavy atom. The van der Waals surface area contributed by atoms with Crippen molar-refractivity contribution in [1.82, 2.24) is 10.2 Å². The van der Waals surface area contributed by atoms with Crippen molar-refractivity contribution in [1.29, 1.82) is 0 Å². The van der Waals surface area contributed by atoms with Crippen molar-refractivity contribution in [3.63, 3.8) is 0 Å². The highest BCUT2D eigenvalue weighted by Crippen LogP contribution is 2.22. The highest BCUT2D eigenvalue weighted by molar-refractivity contribution is 5.95. The zero-order valence-electron chi connectivity index (χ0n) is 11.1. The second kappa shape index (κ2) is 5.87. The van der Waals surface area contributed by atoms with Gasteiger partial charge in [-0.3, -0.25) is 4.79 Å². The van der Waals surface area contributed by atoms with Crippen molar-refractivity contribution in [3.05, 3.63) is 29.3 Å². The minimum absolute atomic E-state index is 0.0188. The number of hydrogen-bond donors (Lipinski definition) is 2. The lowest BCUT2D eigenvalue weighted by atomic mass is 10.1. The SMILES string of the molecule is CN(C)CCCNC(=O)c1ccc2c(c1)NCC2. The lowest BCUT2D eigenvalue weighted by Crippen LogP contribution is -2.27. The van der Waals surface area contributed by atoms with Crippen LogP contribution in [0.1, 0.15) is 22.3 Å². The summed E-state index contributed by atoms with van der Waals surface area (Å²) in [7, 11) is 4.07. The number of nitrogens with zero attached hydrogens (tertiary/aromatic N) is 1. The van der Waals surface area contributed by atoms with E-state index in [1.165, 1.54) is 5.56 Å². The van der Waals surface area contributed by atoms with Gasteiger partial charge in [0.2, 0.25) is 0 Å². The molecule has 2 N–H and O–H groups in total. The van der Waals surface area contributed by atoms with Gasteiger partial charge in [-0.15, -0.1) is 0 Å². The lowest BCUT2D eigenvalue weighted by molar-refractivity contribution is 0.0952. The topological polar surface area (TPSA) is 44.4 Å². The maximum atomic E-state index is 11.9. The van der Waals surface area contributed by atoms with E-state index in [9.17, 15) is 4.79 Å². The highest BCUT2D eigenvalue weighted by Gasteiger charge is 2.12. The van der Waals surface area contributed by atoms with E-state index in [0.717, 1.165) is 43.7 Å². The van der Waals surface area contributed by atoms with E-state index in [-0.39, 0.29) is 5.91 Å². The minimum Gasteiger partial charge on any atom is -0.384 e. The molecule has 0 aliphatic carbocycles. The Balaban J connectivity index is 1.85. The molecular weight excluding hydrogens is 226 g/mol. The summed E-state index contributed by atoms with van der Waals surface area (Å²) in [5.74, 6) is 0.0188. The standard InChI is InChI=1S/C14H21N3O/c1-17(2)9-3-7-16-14(18)12-5-4-11-6-8-15-13(11)10-12/h4-5,10,15H,3,6-9H2,1-2H3,(H,16,18). The molecule has 0 bridgehead atoms. The van der Waals surface area contributed by atoms with Gasteiger partial charge >= 0.3 is 0 Å². The number of fused-ring (bicyclic) bond motifs is 1. The van der Waals surface area contributed by atoms with E-state index < -0.39 is 0 Å². The summed E-state index contributed by atoms with van der Waals surface area (Å²) in [5, 5.41) is 6.24. The third kappa shape index (κ3) is 3.23. The number of benzene rings is 1. The predicted octanol–water partition coefficient (Wildman–Crippen LogP) is 1.34. The van der Waals surface area contributed by atoms with Crippen LogP contribution in [-0.4, -0.2) is 44.5 Å². The molecule has 1 aliphatic rings. The van der Waals surface area contributed by atoms with Gasteiger partial charge in [-0.1, -0.05) is 6.07 Å². The van der Waals surface area contributed by atoms with E-state index in [4.69, 9.17) is 0 Å². The van der Waals surface area contributed by atoms with Gasteiger partial charge in [0.25, 0.3) is 5.91 Å². The number of anilines is 1. The molecule has 1 heterocycles. The molecule has 0 saturated heterocycles. The molecule has 4 nitrogen and oxygen atoms in total. The zero-order chi connectivity index (χ0) is 13.0. The molecule has 0 atom stereocenters. The van der Waals surface area contributed by atoms with Crippen molar-refractivity contribution in [2.45, 2.75) is 12.8 Å². The second-order valence-electron chi connectivity index (χ2n) is 4.96. The largest absolute Gasteiger partial charge is 0.384 e. The molecule has 0 spiro atoms. The fraction of sp³-hybridized carbons (Fsp3) is 0.500. The molecular formula is C14H21N3O. The number of rotatable bonds is 5. The van der Waals surface area contributed by atoms with Crippen LogP contribution in [0, 0.1) is 0 Å². The lowest BCUT2D eigenvalue weighted by Gasteiger charge is -2.10. The molecule has 98 valence electrons. The van der Waals surface area contributed by atoms with Gasteiger partial charge in [-0.25, -0.2) is 0 Å². The summed E-state index contributed by atoms with van der Waals surface area (Å²) in [4.78, 5) is 14.1. The molecule has 0 unspecified atom stereocenters. The molecule has 1 aromatic carbocycles. The van der Waals surface area contributed by atoms with Crippen molar-refractivity contribution in [2.75, 3.05) is 39.0 Å². The summed E-state index contributed by atoms with van der Waals surface area (Å²) in [6, 6.07) is 5.90. The number of hydrogen-bond acceptors (Lipinski definition) is 3. The van der Waals surface area contributed by atoms with Crippen LogP contribution in [0.4, 0.5) is 5.69 Å². The molecule has 0 fully saturated rings. The van der Waals surface area contributed by atoms with Crippen LogP contribution in [0.15, 0.2) is 18.2 Å². The summed E-state index contributed by atoms with van der Waals surface area (Å²) in [6.45, 7) is 2.69. The Hall–Kier alpha value is -1.55. The first kappa shape index (κ1) is 12.9. The van der Waals surface area contributed by atoms with Gasteiger partial charge in [-0.05, 0) is 51.2 Å². The van der Waals surface area contributed by atoms with E-state index >= 15 is 0 Å². The Bertz CT molecular complexity index is 429. The summed E-state index contributed by atoms with van der Waals surface area (Å²) >= 11 is 0. The number of carbonyl (C=O) groups excluding carboxylic acids is 1. The molecule has 0 aromatic heterocycles. The Morgan fingerprint density at radius 2 is 2.28 bits per heavy atom. The molecule has 1 amide bonds. The third-order valence-corrected chi connectivity index (χ3v) is 3.15. The smallest absolute Gasteiger partial charge is 0.251 e. The summed E-state index contributed by atoms with van der Waals surface area (Å²) < 4.78 is 0. The first-order valence-corrected chi connectivity index (χ1v) is 6.46. The molecule has 18 heavy (non-hydrogen) atoms. The fourth-order valence-electron chi connectivity index (χ4n) is 2.13. The van der Waals surface area contributed by atoms with Gasteiger partial charge in [0, 0.05) is 24.3 Å². The number of nitrogens with one attached hydrogen (secondary N) is 2. The quantitative estimate of drug-likeness (QED) is 0.772.